The minimum Gasteiger partial charge on any atom is -0.337 e. The minimum absolute atomic E-state index is 0. The number of thioether (sulfide) groups is 1. The smallest absolute Gasteiger partial charge is 0.223 e. The van der Waals surface area contributed by atoms with Crippen molar-refractivity contribution in [2.45, 2.75) is 24.3 Å². The molecule has 0 aromatic heterocycles. The second-order valence-electron chi connectivity index (χ2n) is 4.69. The van der Waals surface area contributed by atoms with Crippen molar-refractivity contribution in [1.29, 1.82) is 0 Å². The third-order valence-electron chi connectivity index (χ3n) is 3.22. The number of piperazine rings is 1. The van der Waals surface area contributed by atoms with Crippen LogP contribution in [0.2, 0.25) is 0 Å². The van der Waals surface area contributed by atoms with Crippen LogP contribution in [0.3, 0.4) is 0 Å². The summed E-state index contributed by atoms with van der Waals surface area (Å²) in [6, 6.07) is 6.66. The fraction of sp³-hybridized carbons (Fsp3) is 0.500. The number of hydrogen-bond donors (Lipinski definition) is 1. The SMILES string of the molecule is CC1CNCCN1C(=O)CCSc1ccc(F)cc1.Cl. The molecule has 1 aromatic rings. The van der Waals surface area contributed by atoms with E-state index in [0.29, 0.717) is 6.42 Å². The molecule has 1 atom stereocenters. The average molecular weight is 319 g/mol. The fourth-order valence-corrected chi connectivity index (χ4v) is 2.98. The van der Waals surface area contributed by atoms with Gasteiger partial charge < -0.3 is 10.2 Å². The number of nitrogens with zero attached hydrogens (tertiary/aromatic N) is 1. The van der Waals surface area contributed by atoms with Crippen LogP contribution in [-0.4, -0.2) is 42.2 Å². The summed E-state index contributed by atoms with van der Waals surface area (Å²) in [5, 5.41) is 3.27. The molecule has 0 aliphatic carbocycles. The lowest BCUT2D eigenvalue weighted by atomic mass is 10.2. The van der Waals surface area contributed by atoms with Gasteiger partial charge in [-0.1, -0.05) is 0 Å². The van der Waals surface area contributed by atoms with E-state index in [1.54, 1.807) is 23.9 Å². The molecule has 1 aliphatic heterocycles. The van der Waals surface area contributed by atoms with Gasteiger partial charge in [0.1, 0.15) is 5.82 Å². The van der Waals surface area contributed by atoms with Crippen molar-refractivity contribution in [3.8, 4) is 0 Å². The summed E-state index contributed by atoms with van der Waals surface area (Å²) < 4.78 is 12.7. The van der Waals surface area contributed by atoms with Crippen molar-refractivity contribution in [2.24, 2.45) is 0 Å². The molecule has 0 saturated carbocycles. The van der Waals surface area contributed by atoms with E-state index in [2.05, 4.69) is 12.2 Å². The van der Waals surface area contributed by atoms with E-state index in [0.717, 1.165) is 30.3 Å². The molecular weight excluding hydrogens is 299 g/mol. The van der Waals surface area contributed by atoms with Crippen LogP contribution in [0.4, 0.5) is 4.39 Å². The van der Waals surface area contributed by atoms with Crippen LogP contribution in [0.25, 0.3) is 0 Å². The van der Waals surface area contributed by atoms with Gasteiger partial charge in [0.2, 0.25) is 5.91 Å². The number of hydrogen-bond acceptors (Lipinski definition) is 3. The van der Waals surface area contributed by atoms with Gasteiger partial charge >= 0.3 is 0 Å². The van der Waals surface area contributed by atoms with Crippen LogP contribution in [0, 0.1) is 5.82 Å². The van der Waals surface area contributed by atoms with Crippen LogP contribution in [0.15, 0.2) is 29.2 Å². The Morgan fingerprint density at radius 3 is 2.80 bits per heavy atom. The summed E-state index contributed by atoms with van der Waals surface area (Å²) in [7, 11) is 0. The zero-order valence-corrected chi connectivity index (χ0v) is 13.1. The Labute approximate surface area is 129 Å². The van der Waals surface area contributed by atoms with Gasteiger partial charge in [0.05, 0.1) is 0 Å². The Balaban J connectivity index is 0.00000200. The molecule has 1 aliphatic rings. The average Bonchev–Trinajstić information content (AvgIpc) is 2.41. The Hall–Kier alpha value is -0.780. The van der Waals surface area contributed by atoms with Crippen LogP contribution >= 0.6 is 24.2 Å². The molecule has 112 valence electrons. The van der Waals surface area contributed by atoms with Gasteiger partial charge in [0.25, 0.3) is 0 Å². The maximum atomic E-state index is 12.7. The highest BCUT2D eigenvalue weighted by molar-refractivity contribution is 7.99. The van der Waals surface area contributed by atoms with Crippen LogP contribution in [0.5, 0.6) is 0 Å². The van der Waals surface area contributed by atoms with Gasteiger partial charge in [-0.05, 0) is 31.2 Å². The zero-order valence-electron chi connectivity index (χ0n) is 11.5. The molecule has 0 radical (unpaired) electrons. The Bertz CT molecular complexity index is 430. The molecule has 0 spiro atoms. The molecule has 1 N–H and O–H groups in total. The molecule has 1 unspecified atom stereocenters. The van der Waals surface area contributed by atoms with Crippen LogP contribution in [-0.2, 0) is 4.79 Å². The van der Waals surface area contributed by atoms with E-state index in [4.69, 9.17) is 0 Å². The molecule has 1 saturated heterocycles. The predicted octanol–water partition coefficient (Wildman–Crippen LogP) is 2.55. The number of amides is 1. The van der Waals surface area contributed by atoms with Crippen LogP contribution < -0.4 is 5.32 Å². The van der Waals surface area contributed by atoms with E-state index in [9.17, 15) is 9.18 Å². The summed E-state index contributed by atoms with van der Waals surface area (Å²) in [6.07, 6.45) is 0.534. The number of rotatable bonds is 4. The third-order valence-corrected chi connectivity index (χ3v) is 4.23. The highest BCUT2D eigenvalue weighted by Gasteiger charge is 2.22. The second kappa shape index (κ2) is 8.49. The predicted molar refractivity (Wildman–Crippen MR) is 83.0 cm³/mol. The minimum atomic E-state index is -0.227. The third kappa shape index (κ3) is 4.96. The van der Waals surface area contributed by atoms with Crippen molar-refractivity contribution in [1.82, 2.24) is 10.2 Å². The molecule has 2 rings (SSSR count). The van der Waals surface area contributed by atoms with Crippen molar-refractivity contribution in [3.05, 3.63) is 30.1 Å². The standard InChI is InChI=1S/C14H19FN2OS.ClH/c1-11-10-16-7-8-17(11)14(18)6-9-19-13-4-2-12(15)3-5-13;/h2-5,11,16H,6-10H2,1H3;1H. The molecule has 3 nitrogen and oxygen atoms in total. The molecule has 1 aromatic carbocycles. The summed E-state index contributed by atoms with van der Waals surface area (Å²) >= 11 is 1.59. The monoisotopic (exact) mass is 318 g/mol. The van der Waals surface area contributed by atoms with Gasteiger partial charge in [-0.3, -0.25) is 4.79 Å². The Morgan fingerprint density at radius 2 is 2.15 bits per heavy atom. The number of nitrogens with one attached hydrogen (secondary N) is 1. The van der Waals surface area contributed by atoms with Crippen molar-refractivity contribution in [3.63, 3.8) is 0 Å². The van der Waals surface area contributed by atoms with Crippen molar-refractivity contribution < 1.29 is 9.18 Å². The van der Waals surface area contributed by atoms with Crippen molar-refractivity contribution in [2.75, 3.05) is 25.4 Å². The van der Waals surface area contributed by atoms with Gasteiger partial charge in [0, 0.05) is 42.7 Å². The largest absolute Gasteiger partial charge is 0.337 e. The zero-order chi connectivity index (χ0) is 13.7. The Kier molecular flexibility index (Phi) is 7.34. The Morgan fingerprint density at radius 1 is 1.45 bits per heavy atom. The lowest BCUT2D eigenvalue weighted by Crippen LogP contribution is -2.52. The first-order valence-corrected chi connectivity index (χ1v) is 7.54. The first-order valence-electron chi connectivity index (χ1n) is 6.55. The van der Waals surface area contributed by atoms with E-state index in [1.165, 1.54) is 12.1 Å². The number of carbonyl (C=O) groups excluding carboxylic acids is 1. The van der Waals surface area contributed by atoms with E-state index < -0.39 is 0 Å². The lowest BCUT2D eigenvalue weighted by molar-refractivity contribution is -0.133. The van der Waals surface area contributed by atoms with E-state index >= 15 is 0 Å². The lowest BCUT2D eigenvalue weighted by Gasteiger charge is -2.34. The number of benzene rings is 1. The second-order valence-corrected chi connectivity index (χ2v) is 5.86. The summed E-state index contributed by atoms with van der Waals surface area (Å²) in [5.74, 6) is 0.722. The highest BCUT2D eigenvalue weighted by atomic mass is 35.5. The first kappa shape index (κ1) is 17.3. The molecule has 20 heavy (non-hydrogen) atoms. The maximum Gasteiger partial charge on any atom is 0.223 e. The molecule has 1 heterocycles. The normalized spacial score (nSPS) is 18.5. The fourth-order valence-electron chi connectivity index (χ4n) is 2.14. The highest BCUT2D eigenvalue weighted by Crippen LogP contribution is 2.19. The van der Waals surface area contributed by atoms with Gasteiger partial charge in [-0.25, -0.2) is 4.39 Å². The van der Waals surface area contributed by atoms with Crippen LogP contribution in [0.1, 0.15) is 13.3 Å². The summed E-state index contributed by atoms with van der Waals surface area (Å²) in [5.41, 5.74) is 0. The van der Waals surface area contributed by atoms with Gasteiger partial charge in [-0.2, -0.15) is 0 Å². The summed E-state index contributed by atoms with van der Waals surface area (Å²) in [4.78, 5) is 15.0. The summed E-state index contributed by atoms with van der Waals surface area (Å²) in [6.45, 7) is 4.61. The number of halogens is 2. The maximum absolute atomic E-state index is 12.7. The first-order chi connectivity index (χ1) is 9.16. The molecule has 1 amide bonds. The molecule has 1 fully saturated rings. The topological polar surface area (TPSA) is 32.3 Å². The van der Waals surface area contributed by atoms with Crippen molar-refractivity contribution >= 4 is 30.1 Å². The molecular formula is C14H20ClFN2OS. The van der Waals surface area contributed by atoms with Gasteiger partial charge in [-0.15, -0.1) is 24.2 Å². The molecule has 6 heteroatoms. The quantitative estimate of drug-likeness (QED) is 0.866. The van der Waals surface area contributed by atoms with E-state index in [-0.39, 0.29) is 30.2 Å². The van der Waals surface area contributed by atoms with E-state index in [1.807, 2.05) is 4.90 Å². The van der Waals surface area contributed by atoms with Gasteiger partial charge in [0.15, 0.2) is 0 Å². The molecule has 0 bridgehead atoms. The number of carbonyl (C=O) groups is 1.